The molecule has 0 fully saturated rings. The topological polar surface area (TPSA) is 111 Å². The molecule has 0 aliphatic heterocycles. The van der Waals surface area contributed by atoms with Crippen LogP contribution < -0.4 is 5.32 Å². The van der Waals surface area contributed by atoms with Crippen molar-refractivity contribution >= 4 is 34.9 Å². The minimum Gasteiger partial charge on any atom is -0.452 e. The molecule has 23 heavy (non-hydrogen) atoms. The smallest absolute Gasteiger partial charge is 0.341 e. The van der Waals surface area contributed by atoms with E-state index in [1.807, 2.05) is 0 Å². The Morgan fingerprint density at radius 2 is 2.09 bits per heavy atom. The minimum atomic E-state index is -0.794. The van der Waals surface area contributed by atoms with Gasteiger partial charge in [-0.1, -0.05) is 17.7 Å². The van der Waals surface area contributed by atoms with Crippen molar-refractivity contribution in [2.24, 2.45) is 0 Å². The second-order valence-electron chi connectivity index (χ2n) is 4.27. The number of benzene rings is 1. The van der Waals surface area contributed by atoms with Gasteiger partial charge < -0.3 is 10.1 Å². The number of aromatic nitrogens is 1. The van der Waals surface area contributed by atoms with Gasteiger partial charge in [0.25, 0.3) is 11.6 Å². The quantitative estimate of drug-likeness (QED) is 0.389. The number of pyridine rings is 1. The maximum Gasteiger partial charge on any atom is 0.341 e. The molecule has 1 amide bonds. The highest BCUT2D eigenvalue weighted by molar-refractivity contribution is 6.32. The van der Waals surface area contributed by atoms with Crippen LogP contribution in [0.5, 0.6) is 0 Å². The van der Waals surface area contributed by atoms with Crippen LogP contribution in [0.2, 0.25) is 5.15 Å². The van der Waals surface area contributed by atoms with Crippen molar-refractivity contribution in [1.82, 2.24) is 4.98 Å². The summed E-state index contributed by atoms with van der Waals surface area (Å²) in [6, 6.07) is 8.30. The van der Waals surface area contributed by atoms with Crippen molar-refractivity contribution in [3.63, 3.8) is 0 Å². The van der Waals surface area contributed by atoms with Crippen molar-refractivity contribution < 1.29 is 19.2 Å². The maximum absolute atomic E-state index is 11.7. The van der Waals surface area contributed by atoms with E-state index >= 15 is 0 Å². The number of nitro groups is 1. The van der Waals surface area contributed by atoms with Crippen LogP contribution in [0.15, 0.2) is 42.6 Å². The van der Waals surface area contributed by atoms with Gasteiger partial charge >= 0.3 is 5.97 Å². The van der Waals surface area contributed by atoms with Gasteiger partial charge in [-0.3, -0.25) is 14.9 Å². The number of ether oxygens (including phenoxy) is 1. The van der Waals surface area contributed by atoms with Crippen LogP contribution in [0.3, 0.4) is 0 Å². The molecule has 0 unspecified atom stereocenters. The Bertz CT molecular complexity index is 766. The Balaban J connectivity index is 1.93. The van der Waals surface area contributed by atoms with Crippen LogP contribution in [0.25, 0.3) is 0 Å². The molecule has 1 N–H and O–H groups in total. The van der Waals surface area contributed by atoms with E-state index in [0.29, 0.717) is 0 Å². The third-order valence-electron chi connectivity index (χ3n) is 2.65. The number of carbonyl (C=O) groups excluding carboxylic acids is 2. The lowest BCUT2D eigenvalue weighted by molar-refractivity contribution is -0.384. The lowest BCUT2D eigenvalue weighted by atomic mass is 10.3. The Morgan fingerprint density at radius 3 is 2.78 bits per heavy atom. The highest BCUT2D eigenvalue weighted by Gasteiger charge is 2.14. The van der Waals surface area contributed by atoms with Gasteiger partial charge in [0.05, 0.1) is 10.5 Å². The van der Waals surface area contributed by atoms with Gasteiger partial charge in [0, 0.05) is 24.0 Å². The molecule has 0 spiro atoms. The number of esters is 1. The first-order valence-electron chi connectivity index (χ1n) is 6.29. The number of hydrogen-bond donors (Lipinski definition) is 1. The van der Waals surface area contributed by atoms with E-state index in [0.717, 1.165) is 0 Å². The number of nitrogens with one attached hydrogen (secondary N) is 1. The molecule has 0 bridgehead atoms. The summed E-state index contributed by atoms with van der Waals surface area (Å²) < 4.78 is 4.81. The second kappa shape index (κ2) is 7.32. The molecule has 2 aromatic rings. The molecular weight excluding hydrogens is 326 g/mol. The number of anilines is 1. The van der Waals surface area contributed by atoms with Crippen LogP contribution in [-0.2, 0) is 9.53 Å². The van der Waals surface area contributed by atoms with E-state index in [-0.39, 0.29) is 22.1 Å². The van der Waals surface area contributed by atoms with E-state index in [2.05, 4.69) is 10.3 Å². The van der Waals surface area contributed by atoms with Gasteiger partial charge in [-0.15, -0.1) is 0 Å². The van der Waals surface area contributed by atoms with Crippen molar-refractivity contribution in [2.45, 2.75) is 0 Å². The second-order valence-corrected chi connectivity index (χ2v) is 4.63. The van der Waals surface area contributed by atoms with Crippen molar-refractivity contribution in [3.05, 3.63) is 63.4 Å². The number of non-ortho nitro benzene ring substituents is 1. The Labute approximate surface area is 135 Å². The van der Waals surface area contributed by atoms with Gasteiger partial charge in [0.1, 0.15) is 5.15 Å². The normalized spacial score (nSPS) is 9.96. The summed E-state index contributed by atoms with van der Waals surface area (Å²) in [7, 11) is 0. The third kappa shape index (κ3) is 4.48. The summed E-state index contributed by atoms with van der Waals surface area (Å²) in [6.07, 6.45) is 1.41. The SMILES string of the molecule is O=C(COC(=O)c1cccnc1Cl)Nc1cccc([N+](=O)[O-])c1. The van der Waals surface area contributed by atoms with Gasteiger partial charge in [-0.25, -0.2) is 9.78 Å². The molecule has 2 rings (SSSR count). The predicted molar refractivity (Wildman–Crippen MR) is 81.3 cm³/mol. The Hall–Kier alpha value is -3.00. The minimum absolute atomic E-state index is 0.0309. The molecule has 1 aromatic heterocycles. The lowest BCUT2D eigenvalue weighted by Crippen LogP contribution is -2.21. The standard InChI is InChI=1S/C14H10ClN3O5/c15-13-11(5-2-6-16-13)14(20)23-8-12(19)17-9-3-1-4-10(7-9)18(21)22/h1-7H,8H2,(H,17,19). The number of halogens is 1. The molecule has 0 aliphatic rings. The Morgan fingerprint density at radius 1 is 1.30 bits per heavy atom. The zero-order chi connectivity index (χ0) is 16.8. The first-order valence-corrected chi connectivity index (χ1v) is 6.67. The predicted octanol–water partition coefficient (Wildman–Crippen LogP) is 2.44. The van der Waals surface area contributed by atoms with Gasteiger partial charge in [-0.05, 0) is 18.2 Å². The summed E-state index contributed by atoms with van der Waals surface area (Å²) in [6.45, 7) is -0.563. The largest absolute Gasteiger partial charge is 0.452 e. The lowest BCUT2D eigenvalue weighted by Gasteiger charge is -2.07. The molecule has 1 aromatic carbocycles. The molecule has 0 aliphatic carbocycles. The molecule has 118 valence electrons. The fraction of sp³-hybridized carbons (Fsp3) is 0.0714. The monoisotopic (exact) mass is 335 g/mol. The van der Waals surface area contributed by atoms with E-state index in [9.17, 15) is 19.7 Å². The number of nitro benzene ring substituents is 1. The number of nitrogens with zero attached hydrogens (tertiary/aromatic N) is 2. The zero-order valence-electron chi connectivity index (χ0n) is 11.6. The van der Waals surface area contributed by atoms with Crippen LogP contribution in [0.4, 0.5) is 11.4 Å². The first kappa shape index (κ1) is 16.4. The molecule has 8 nitrogen and oxygen atoms in total. The van der Waals surface area contributed by atoms with Crippen molar-refractivity contribution in [3.8, 4) is 0 Å². The highest BCUT2D eigenvalue weighted by atomic mass is 35.5. The Kier molecular flexibility index (Phi) is 5.21. The molecule has 9 heteroatoms. The van der Waals surface area contributed by atoms with Crippen LogP contribution >= 0.6 is 11.6 Å². The van der Waals surface area contributed by atoms with Crippen molar-refractivity contribution in [2.75, 3.05) is 11.9 Å². The summed E-state index contributed by atoms with van der Waals surface area (Å²) in [4.78, 5) is 37.2. The van der Waals surface area contributed by atoms with Crippen LogP contribution in [0, 0.1) is 10.1 Å². The summed E-state index contributed by atoms with van der Waals surface area (Å²) in [5.74, 6) is -1.43. The zero-order valence-corrected chi connectivity index (χ0v) is 12.3. The van der Waals surface area contributed by atoms with E-state index in [1.54, 1.807) is 0 Å². The maximum atomic E-state index is 11.7. The summed E-state index contributed by atoms with van der Waals surface area (Å²) >= 11 is 5.73. The average molecular weight is 336 g/mol. The third-order valence-corrected chi connectivity index (χ3v) is 2.96. The van der Waals surface area contributed by atoms with Gasteiger partial charge in [0.15, 0.2) is 6.61 Å². The van der Waals surface area contributed by atoms with Gasteiger partial charge in [-0.2, -0.15) is 0 Å². The number of hydrogen-bond acceptors (Lipinski definition) is 6. The molecule has 0 saturated heterocycles. The fourth-order valence-electron chi connectivity index (χ4n) is 1.64. The number of rotatable bonds is 5. The molecular formula is C14H10ClN3O5. The summed E-state index contributed by atoms with van der Waals surface area (Å²) in [5, 5.41) is 13.0. The number of amides is 1. The van der Waals surface area contributed by atoms with Crippen LogP contribution in [-0.4, -0.2) is 28.4 Å². The molecule has 0 saturated carbocycles. The molecule has 1 heterocycles. The average Bonchev–Trinajstić information content (AvgIpc) is 2.53. The van der Waals surface area contributed by atoms with Crippen molar-refractivity contribution in [1.29, 1.82) is 0 Å². The highest BCUT2D eigenvalue weighted by Crippen LogP contribution is 2.17. The van der Waals surface area contributed by atoms with Gasteiger partial charge in [0.2, 0.25) is 0 Å². The first-order chi connectivity index (χ1) is 11.0. The summed E-state index contributed by atoms with van der Waals surface area (Å²) in [5.41, 5.74) is 0.0962. The van der Waals surface area contributed by atoms with Crippen LogP contribution in [0.1, 0.15) is 10.4 Å². The fourth-order valence-corrected chi connectivity index (χ4v) is 1.84. The van der Waals surface area contributed by atoms with E-state index < -0.39 is 23.4 Å². The van der Waals surface area contributed by atoms with E-state index in [4.69, 9.17) is 16.3 Å². The number of carbonyl (C=O) groups is 2. The van der Waals surface area contributed by atoms with E-state index in [1.165, 1.54) is 42.6 Å². The molecule has 0 radical (unpaired) electrons. The molecule has 0 atom stereocenters.